The Bertz CT molecular complexity index is 432. The summed E-state index contributed by atoms with van der Waals surface area (Å²) < 4.78 is 32.0. The van der Waals surface area contributed by atoms with Crippen molar-refractivity contribution in [1.29, 1.82) is 0 Å². The lowest BCUT2D eigenvalue weighted by molar-refractivity contribution is 0.239. The predicted octanol–water partition coefficient (Wildman–Crippen LogP) is 3.07. The van der Waals surface area contributed by atoms with Gasteiger partial charge in [-0.05, 0) is 41.3 Å². The highest BCUT2D eigenvalue weighted by Crippen LogP contribution is 2.45. The van der Waals surface area contributed by atoms with Crippen LogP contribution in [0.3, 0.4) is 0 Å². The third-order valence-corrected chi connectivity index (χ3v) is 3.83. The van der Waals surface area contributed by atoms with Crippen LogP contribution in [0, 0.1) is 11.6 Å². The summed E-state index contributed by atoms with van der Waals surface area (Å²) in [6.45, 7) is 0. The van der Waals surface area contributed by atoms with Gasteiger partial charge < -0.3 is 10.5 Å². The summed E-state index contributed by atoms with van der Waals surface area (Å²) in [7, 11) is 1.36. The third-order valence-electron chi connectivity index (χ3n) is 3.10. The molecule has 2 rings (SSSR count). The summed E-state index contributed by atoms with van der Waals surface area (Å²) in [5.74, 6) is -1.34. The van der Waals surface area contributed by atoms with Crippen LogP contribution in [0.15, 0.2) is 10.5 Å². The van der Waals surface area contributed by atoms with E-state index in [1.165, 1.54) is 13.2 Å². The Morgan fingerprint density at radius 1 is 1.44 bits per heavy atom. The maximum absolute atomic E-state index is 13.7. The molecule has 0 atom stereocenters. The number of nitrogens with two attached hydrogens (primary N) is 1. The number of halogens is 3. The van der Waals surface area contributed by atoms with Crippen LogP contribution in [0.2, 0.25) is 0 Å². The summed E-state index contributed by atoms with van der Waals surface area (Å²) in [5, 5.41) is 0. The topological polar surface area (TPSA) is 35.2 Å². The van der Waals surface area contributed by atoms with E-state index in [4.69, 9.17) is 10.5 Å². The van der Waals surface area contributed by atoms with E-state index in [9.17, 15) is 8.78 Å². The smallest absolute Gasteiger partial charge is 0.182 e. The lowest BCUT2D eigenvalue weighted by atomic mass is 9.72. The van der Waals surface area contributed by atoms with E-state index in [1.807, 2.05) is 0 Å². The second kappa shape index (κ2) is 3.96. The number of benzene rings is 1. The van der Waals surface area contributed by atoms with Crippen molar-refractivity contribution in [2.75, 3.05) is 7.11 Å². The fourth-order valence-electron chi connectivity index (χ4n) is 1.97. The van der Waals surface area contributed by atoms with E-state index in [-0.39, 0.29) is 10.2 Å². The number of hydrogen-bond acceptors (Lipinski definition) is 2. The Labute approximate surface area is 101 Å². The van der Waals surface area contributed by atoms with E-state index in [0.29, 0.717) is 5.56 Å². The molecule has 0 unspecified atom stereocenters. The van der Waals surface area contributed by atoms with Gasteiger partial charge in [-0.3, -0.25) is 0 Å². The first-order valence-corrected chi connectivity index (χ1v) is 5.80. The Morgan fingerprint density at radius 3 is 2.50 bits per heavy atom. The Balaban J connectivity index is 2.60. The van der Waals surface area contributed by atoms with Gasteiger partial charge in [0, 0.05) is 11.1 Å². The van der Waals surface area contributed by atoms with Crippen molar-refractivity contribution >= 4 is 15.9 Å². The van der Waals surface area contributed by atoms with Crippen LogP contribution >= 0.6 is 15.9 Å². The summed E-state index contributed by atoms with van der Waals surface area (Å²) in [5.41, 5.74) is 5.83. The summed E-state index contributed by atoms with van der Waals surface area (Å²) in [6, 6.07) is 1.26. The SMILES string of the molecule is COc1c(C2(N)CCC2)cc(F)c(Br)c1F. The van der Waals surface area contributed by atoms with Crippen molar-refractivity contribution in [3.8, 4) is 5.75 Å². The molecule has 16 heavy (non-hydrogen) atoms. The van der Waals surface area contributed by atoms with Crippen LogP contribution in [0.5, 0.6) is 5.75 Å². The average Bonchev–Trinajstić information content (AvgIpc) is 2.22. The zero-order valence-electron chi connectivity index (χ0n) is 8.82. The van der Waals surface area contributed by atoms with Gasteiger partial charge in [-0.1, -0.05) is 0 Å². The van der Waals surface area contributed by atoms with Gasteiger partial charge in [0.2, 0.25) is 0 Å². The molecule has 5 heteroatoms. The van der Waals surface area contributed by atoms with Crippen molar-refractivity contribution in [2.45, 2.75) is 24.8 Å². The standard InChI is InChI=1S/C11H12BrF2NO/c1-16-10-6(11(15)3-2-4-11)5-7(13)8(12)9(10)14/h5H,2-4,15H2,1H3. The minimum atomic E-state index is -0.728. The normalized spacial score (nSPS) is 18.1. The molecule has 0 spiro atoms. The Morgan fingerprint density at radius 2 is 2.06 bits per heavy atom. The maximum atomic E-state index is 13.7. The summed E-state index contributed by atoms with van der Waals surface area (Å²) in [6.07, 6.45) is 2.42. The Hall–Kier alpha value is -0.680. The fourth-order valence-corrected chi connectivity index (χ4v) is 2.27. The molecule has 0 aliphatic heterocycles. The fraction of sp³-hybridized carbons (Fsp3) is 0.455. The van der Waals surface area contributed by atoms with Crippen molar-refractivity contribution < 1.29 is 13.5 Å². The molecule has 2 N–H and O–H groups in total. The molecule has 1 aromatic carbocycles. The van der Waals surface area contributed by atoms with Crippen LogP contribution in [-0.4, -0.2) is 7.11 Å². The van der Waals surface area contributed by atoms with Crippen LogP contribution in [0.25, 0.3) is 0 Å². The van der Waals surface area contributed by atoms with E-state index >= 15 is 0 Å². The highest BCUT2D eigenvalue weighted by molar-refractivity contribution is 9.10. The highest BCUT2D eigenvalue weighted by atomic mass is 79.9. The second-order valence-corrected chi connectivity index (χ2v) is 4.87. The molecular formula is C11H12BrF2NO. The molecule has 1 aromatic rings. The number of hydrogen-bond donors (Lipinski definition) is 1. The summed E-state index contributed by atoms with van der Waals surface area (Å²) >= 11 is 2.84. The van der Waals surface area contributed by atoms with Crippen molar-refractivity contribution in [3.63, 3.8) is 0 Å². The van der Waals surface area contributed by atoms with Crippen molar-refractivity contribution in [2.24, 2.45) is 5.73 Å². The minimum absolute atomic E-state index is 0.0375. The first-order chi connectivity index (χ1) is 7.49. The molecule has 1 aliphatic rings. The van der Waals surface area contributed by atoms with Gasteiger partial charge in [-0.2, -0.15) is 0 Å². The van der Waals surface area contributed by atoms with Gasteiger partial charge in [0.25, 0.3) is 0 Å². The largest absolute Gasteiger partial charge is 0.493 e. The van der Waals surface area contributed by atoms with Gasteiger partial charge in [-0.25, -0.2) is 8.78 Å². The highest BCUT2D eigenvalue weighted by Gasteiger charge is 2.38. The molecule has 0 saturated heterocycles. The summed E-state index contributed by atoms with van der Waals surface area (Å²) in [4.78, 5) is 0. The van der Waals surface area contributed by atoms with Crippen LogP contribution < -0.4 is 10.5 Å². The van der Waals surface area contributed by atoms with Gasteiger partial charge >= 0.3 is 0 Å². The zero-order valence-corrected chi connectivity index (χ0v) is 10.4. The van der Waals surface area contributed by atoms with Crippen molar-refractivity contribution in [1.82, 2.24) is 0 Å². The Kier molecular flexibility index (Phi) is 2.92. The number of methoxy groups -OCH3 is 1. The molecule has 1 aliphatic carbocycles. The average molecular weight is 292 g/mol. The van der Waals surface area contributed by atoms with Crippen LogP contribution in [-0.2, 0) is 5.54 Å². The molecule has 0 radical (unpaired) electrons. The van der Waals surface area contributed by atoms with Gasteiger partial charge in [0.15, 0.2) is 11.6 Å². The molecular weight excluding hydrogens is 280 g/mol. The minimum Gasteiger partial charge on any atom is -0.493 e. The lowest BCUT2D eigenvalue weighted by Gasteiger charge is -2.39. The van der Waals surface area contributed by atoms with E-state index in [2.05, 4.69) is 15.9 Å². The first kappa shape index (κ1) is 11.8. The number of ether oxygens (including phenoxy) is 1. The first-order valence-electron chi connectivity index (χ1n) is 5.00. The molecule has 0 amide bonds. The number of rotatable bonds is 2. The molecule has 0 aromatic heterocycles. The van der Waals surface area contributed by atoms with Crippen molar-refractivity contribution in [3.05, 3.63) is 27.7 Å². The second-order valence-electron chi connectivity index (χ2n) is 4.08. The van der Waals surface area contributed by atoms with Crippen LogP contribution in [0.1, 0.15) is 24.8 Å². The van der Waals surface area contributed by atoms with Gasteiger partial charge in [0.05, 0.1) is 11.6 Å². The van der Waals surface area contributed by atoms with Gasteiger partial charge in [0.1, 0.15) is 5.82 Å². The molecule has 2 nitrogen and oxygen atoms in total. The van der Waals surface area contributed by atoms with Crippen LogP contribution in [0.4, 0.5) is 8.78 Å². The maximum Gasteiger partial charge on any atom is 0.182 e. The van der Waals surface area contributed by atoms with Gasteiger partial charge in [-0.15, -0.1) is 0 Å². The predicted molar refractivity (Wildman–Crippen MR) is 60.3 cm³/mol. The molecule has 88 valence electrons. The zero-order chi connectivity index (χ0) is 11.9. The monoisotopic (exact) mass is 291 g/mol. The molecule has 1 fully saturated rings. The van der Waals surface area contributed by atoms with E-state index in [1.54, 1.807) is 0 Å². The lowest BCUT2D eigenvalue weighted by Crippen LogP contribution is -2.43. The molecule has 1 saturated carbocycles. The van der Waals surface area contributed by atoms with E-state index in [0.717, 1.165) is 19.3 Å². The van der Waals surface area contributed by atoms with E-state index < -0.39 is 17.2 Å². The third kappa shape index (κ3) is 1.62. The quantitative estimate of drug-likeness (QED) is 0.850. The molecule has 0 heterocycles. The molecule has 0 bridgehead atoms.